The van der Waals surface area contributed by atoms with Crippen LogP contribution in [0.4, 0.5) is 10.5 Å². The van der Waals surface area contributed by atoms with Gasteiger partial charge in [-0.05, 0) is 30.7 Å². The lowest BCUT2D eigenvalue weighted by atomic mass is 10.3. The number of hydrogen-bond donors (Lipinski definition) is 1. The van der Waals surface area contributed by atoms with Crippen molar-refractivity contribution >= 4 is 18.1 Å². The third kappa shape index (κ3) is 5.34. The smallest absolute Gasteiger partial charge is 0.411 e. The predicted octanol–water partition coefficient (Wildman–Crippen LogP) is 2.61. The largest absolute Gasteiger partial charge is 0.486 e. The summed E-state index contributed by atoms with van der Waals surface area (Å²) in [5, 5.41) is 2.60. The maximum Gasteiger partial charge on any atom is 0.411 e. The number of carbonyl (C=O) groups excluding carboxylic acids is 2. The van der Waals surface area contributed by atoms with Gasteiger partial charge in [0.2, 0.25) is 0 Å². The van der Waals surface area contributed by atoms with Crippen LogP contribution in [0.2, 0.25) is 0 Å². The molecule has 1 amide bonds. The quantitative estimate of drug-likeness (QED) is 0.597. The van der Waals surface area contributed by atoms with E-state index in [0.29, 0.717) is 24.3 Å². The van der Waals surface area contributed by atoms with E-state index in [1.807, 2.05) is 6.92 Å². The van der Waals surface area contributed by atoms with E-state index in [2.05, 4.69) is 5.32 Å². The number of nitrogens with one attached hydrogen (secondary N) is 1. The number of rotatable bonds is 7. The molecule has 0 saturated carbocycles. The molecule has 0 aliphatic heterocycles. The van der Waals surface area contributed by atoms with Crippen molar-refractivity contribution in [2.75, 3.05) is 18.5 Å². The molecule has 1 aromatic carbocycles. The fourth-order valence-electron chi connectivity index (χ4n) is 1.23. The fourth-order valence-corrected chi connectivity index (χ4v) is 1.23. The second-order valence-corrected chi connectivity index (χ2v) is 3.62. The molecule has 1 N–H and O–H groups in total. The molecule has 0 atom stereocenters. The highest BCUT2D eigenvalue weighted by Crippen LogP contribution is 2.15. The molecule has 0 unspecified atom stereocenters. The minimum atomic E-state index is -0.468. The lowest BCUT2D eigenvalue weighted by Crippen LogP contribution is -2.14. The lowest BCUT2D eigenvalue weighted by molar-refractivity contribution is -0.109. The molecule has 18 heavy (non-hydrogen) atoms. The normalized spacial score (nSPS) is 9.61. The molecule has 0 aliphatic carbocycles. The fraction of sp³-hybridized carbons (Fsp3) is 0.385. The summed E-state index contributed by atoms with van der Waals surface area (Å²) >= 11 is 0. The Balaban J connectivity index is 2.38. The van der Waals surface area contributed by atoms with E-state index in [0.717, 1.165) is 12.8 Å². The van der Waals surface area contributed by atoms with Gasteiger partial charge in [-0.2, -0.15) is 0 Å². The molecule has 0 radical (unpaired) electrons. The van der Waals surface area contributed by atoms with Crippen LogP contribution >= 0.6 is 0 Å². The summed E-state index contributed by atoms with van der Waals surface area (Å²) < 4.78 is 10.0. The van der Waals surface area contributed by atoms with Crippen molar-refractivity contribution in [1.82, 2.24) is 0 Å². The lowest BCUT2D eigenvalue weighted by Gasteiger charge is -2.07. The molecule has 0 spiro atoms. The number of unbranched alkanes of at least 4 members (excludes halogenated alkanes) is 1. The molecule has 5 nitrogen and oxygen atoms in total. The highest BCUT2D eigenvalue weighted by Gasteiger charge is 2.02. The van der Waals surface area contributed by atoms with E-state index >= 15 is 0 Å². The Labute approximate surface area is 106 Å². The first-order valence-electron chi connectivity index (χ1n) is 5.86. The van der Waals surface area contributed by atoms with Crippen LogP contribution in [0.5, 0.6) is 5.75 Å². The van der Waals surface area contributed by atoms with Gasteiger partial charge in [-0.1, -0.05) is 13.3 Å². The molecule has 98 valence electrons. The second kappa shape index (κ2) is 8.11. The predicted molar refractivity (Wildman–Crippen MR) is 67.9 cm³/mol. The molecule has 0 saturated heterocycles. The van der Waals surface area contributed by atoms with E-state index in [1.54, 1.807) is 24.3 Å². The first kappa shape index (κ1) is 14.0. The van der Waals surface area contributed by atoms with Gasteiger partial charge in [-0.15, -0.1) is 0 Å². The van der Waals surface area contributed by atoms with Gasteiger partial charge in [0.25, 0.3) is 0 Å². The summed E-state index contributed by atoms with van der Waals surface area (Å²) in [6, 6.07) is 6.71. The van der Waals surface area contributed by atoms with Crippen molar-refractivity contribution in [3.63, 3.8) is 0 Å². The maximum atomic E-state index is 11.3. The molecule has 5 heteroatoms. The number of ether oxygens (including phenoxy) is 2. The average molecular weight is 251 g/mol. The van der Waals surface area contributed by atoms with Crippen LogP contribution in [0.15, 0.2) is 24.3 Å². The number of hydrogen-bond acceptors (Lipinski definition) is 4. The van der Waals surface area contributed by atoms with Gasteiger partial charge in [0.05, 0.1) is 6.61 Å². The zero-order valence-corrected chi connectivity index (χ0v) is 10.3. The van der Waals surface area contributed by atoms with E-state index in [1.165, 1.54) is 0 Å². The number of aldehydes is 1. The van der Waals surface area contributed by atoms with Crippen molar-refractivity contribution in [2.24, 2.45) is 0 Å². The molecule has 1 aromatic rings. The second-order valence-electron chi connectivity index (χ2n) is 3.62. The maximum absolute atomic E-state index is 11.3. The Kier molecular flexibility index (Phi) is 6.32. The van der Waals surface area contributed by atoms with E-state index in [-0.39, 0.29) is 6.61 Å². The monoisotopic (exact) mass is 251 g/mol. The molecule has 0 heterocycles. The molecule has 0 aliphatic rings. The van der Waals surface area contributed by atoms with Gasteiger partial charge >= 0.3 is 6.09 Å². The zero-order valence-electron chi connectivity index (χ0n) is 10.3. The van der Waals surface area contributed by atoms with Crippen molar-refractivity contribution in [2.45, 2.75) is 19.8 Å². The van der Waals surface area contributed by atoms with Crippen LogP contribution in [-0.4, -0.2) is 25.6 Å². The molecule has 0 aromatic heterocycles. The Morgan fingerprint density at radius 3 is 2.67 bits per heavy atom. The highest BCUT2D eigenvalue weighted by atomic mass is 16.5. The third-order valence-electron chi connectivity index (χ3n) is 2.15. The Morgan fingerprint density at radius 1 is 1.33 bits per heavy atom. The topological polar surface area (TPSA) is 64.6 Å². The van der Waals surface area contributed by atoms with Gasteiger partial charge in [0.15, 0.2) is 6.29 Å². The van der Waals surface area contributed by atoms with Crippen LogP contribution in [0.3, 0.4) is 0 Å². The molecular weight excluding hydrogens is 234 g/mol. The van der Waals surface area contributed by atoms with Gasteiger partial charge in [-0.3, -0.25) is 10.1 Å². The SMILES string of the molecule is CCCCOC(=O)Nc1ccc(OCC=O)cc1. The van der Waals surface area contributed by atoms with Crippen molar-refractivity contribution in [1.29, 1.82) is 0 Å². The Hall–Kier alpha value is -2.04. The number of amides is 1. The van der Waals surface area contributed by atoms with E-state index < -0.39 is 6.09 Å². The number of carbonyl (C=O) groups is 2. The summed E-state index contributed by atoms with van der Waals surface area (Å²) in [5.74, 6) is 0.576. The average Bonchev–Trinajstić information content (AvgIpc) is 2.38. The van der Waals surface area contributed by atoms with Gasteiger partial charge < -0.3 is 9.47 Å². The van der Waals surface area contributed by atoms with E-state index in [9.17, 15) is 9.59 Å². The number of benzene rings is 1. The van der Waals surface area contributed by atoms with Crippen molar-refractivity contribution in [3.8, 4) is 5.75 Å². The summed E-state index contributed by atoms with van der Waals surface area (Å²) in [5.41, 5.74) is 0.620. The van der Waals surface area contributed by atoms with Crippen LogP contribution < -0.4 is 10.1 Å². The van der Waals surface area contributed by atoms with Crippen LogP contribution in [0, 0.1) is 0 Å². The van der Waals surface area contributed by atoms with Crippen molar-refractivity contribution < 1.29 is 19.1 Å². The van der Waals surface area contributed by atoms with Crippen molar-refractivity contribution in [3.05, 3.63) is 24.3 Å². The Bertz CT molecular complexity index is 375. The summed E-state index contributed by atoms with van der Waals surface area (Å²) in [7, 11) is 0. The Morgan fingerprint density at radius 2 is 2.06 bits per heavy atom. The highest BCUT2D eigenvalue weighted by molar-refractivity contribution is 5.84. The van der Waals surface area contributed by atoms with E-state index in [4.69, 9.17) is 9.47 Å². The van der Waals surface area contributed by atoms with Crippen LogP contribution in [0.1, 0.15) is 19.8 Å². The molecular formula is C13H17NO4. The molecule has 1 rings (SSSR count). The zero-order chi connectivity index (χ0) is 13.2. The number of anilines is 1. The minimum Gasteiger partial charge on any atom is -0.486 e. The minimum absolute atomic E-state index is 0.0197. The molecule has 0 bridgehead atoms. The third-order valence-corrected chi connectivity index (χ3v) is 2.15. The molecule has 0 fully saturated rings. The van der Waals surface area contributed by atoms with Gasteiger partial charge in [0.1, 0.15) is 12.4 Å². The van der Waals surface area contributed by atoms with Gasteiger partial charge in [0, 0.05) is 5.69 Å². The van der Waals surface area contributed by atoms with Gasteiger partial charge in [-0.25, -0.2) is 4.79 Å². The first-order valence-corrected chi connectivity index (χ1v) is 5.86. The van der Waals surface area contributed by atoms with Crippen LogP contribution in [-0.2, 0) is 9.53 Å². The summed E-state index contributed by atoms with van der Waals surface area (Å²) in [6.07, 6.45) is 2.05. The first-order chi connectivity index (χ1) is 8.76. The summed E-state index contributed by atoms with van der Waals surface area (Å²) in [6.45, 7) is 2.47. The summed E-state index contributed by atoms with van der Waals surface area (Å²) in [4.78, 5) is 21.5. The van der Waals surface area contributed by atoms with Crippen LogP contribution in [0.25, 0.3) is 0 Å². The standard InChI is InChI=1S/C13H17NO4/c1-2-3-9-18-13(16)14-11-4-6-12(7-5-11)17-10-8-15/h4-8H,2-3,9-10H2,1H3,(H,14,16).